The van der Waals surface area contributed by atoms with Gasteiger partial charge in [0.25, 0.3) is 0 Å². The van der Waals surface area contributed by atoms with Crippen molar-refractivity contribution in [3.8, 4) is 0 Å². The third-order valence-electron chi connectivity index (χ3n) is 3.28. The van der Waals surface area contributed by atoms with Gasteiger partial charge in [0.05, 0.1) is 13.2 Å². The van der Waals surface area contributed by atoms with Crippen LogP contribution in [0, 0.1) is 3.57 Å². The maximum Gasteiger partial charge on any atom is 0.0594 e. The predicted octanol–water partition coefficient (Wildman–Crippen LogP) is 2.86. The molecule has 0 radical (unpaired) electrons. The highest BCUT2D eigenvalue weighted by Gasteiger charge is 2.13. The second-order valence-electron chi connectivity index (χ2n) is 4.93. The summed E-state index contributed by atoms with van der Waals surface area (Å²) in [6.45, 7) is 8.12. The highest BCUT2D eigenvalue weighted by atomic mass is 127. The molecule has 1 aliphatic rings. The number of morpholine rings is 1. The second kappa shape index (κ2) is 7.93. The molecule has 1 aromatic carbocycles. The number of ether oxygens (including phenoxy) is 1. The van der Waals surface area contributed by atoms with E-state index in [1.54, 1.807) is 0 Å². The van der Waals surface area contributed by atoms with E-state index >= 15 is 0 Å². The number of benzene rings is 1. The van der Waals surface area contributed by atoms with E-state index in [9.17, 15) is 0 Å². The van der Waals surface area contributed by atoms with Gasteiger partial charge in [-0.3, -0.25) is 4.90 Å². The van der Waals surface area contributed by atoms with Crippen molar-refractivity contribution in [2.24, 2.45) is 0 Å². The zero-order chi connectivity index (χ0) is 13.7. The maximum absolute atomic E-state index is 5.37. The summed E-state index contributed by atoms with van der Waals surface area (Å²) in [4.78, 5) is 2.47. The molecule has 3 nitrogen and oxygen atoms in total. The van der Waals surface area contributed by atoms with Crippen LogP contribution < -0.4 is 5.32 Å². The number of halogens is 2. The zero-order valence-electron chi connectivity index (χ0n) is 11.2. The van der Waals surface area contributed by atoms with Crippen molar-refractivity contribution >= 4 is 38.5 Å². The minimum Gasteiger partial charge on any atom is -0.379 e. The normalized spacial score (nSPS) is 18.5. The van der Waals surface area contributed by atoms with E-state index in [0.29, 0.717) is 6.04 Å². The molecule has 1 fully saturated rings. The first-order valence-electron chi connectivity index (χ1n) is 6.62. The van der Waals surface area contributed by atoms with Gasteiger partial charge in [-0.05, 0) is 53.3 Å². The summed E-state index contributed by atoms with van der Waals surface area (Å²) < 4.78 is 7.83. The molecular weight excluding hydrogens is 419 g/mol. The minimum absolute atomic E-state index is 0.493. The van der Waals surface area contributed by atoms with Gasteiger partial charge in [0, 0.05) is 40.3 Å². The quantitative estimate of drug-likeness (QED) is 0.715. The van der Waals surface area contributed by atoms with Crippen LogP contribution in [0.2, 0.25) is 0 Å². The van der Waals surface area contributed by atoms with Gasteiger partial charge >= 0.3 is 0 Å². The first-order chi connectivity index (χ1) is 9.15. The van der Waals surface area contributed by atoms with Crippen molar-refractivity contribution < 1.29 is 4.74 Å². The Morgan fingerprint density at radius 3 is 2.89 bits per heavy atom. The van der Waals surface area contributed by atoms with Crippen molar-refractivity contribution in [1.29, 1.82) is 0 Å². The maximum atomic E-state index is 5.37. The molecule has 1 unspecified atom stereocenters. The van der Waals surface area contributed by atoms with Gasteiger partial charge in [-0.2, -0.15) is 0 Å². The number of hydrogen-bond donors (Lipinski definition) is 1. The van der Waals surface area contributed by atoms with Crippen molar-refractivity contribution in [2.45, 2.75) is 19.5 Å². The first kappa shape index (κ1) is 15.7. The molecule has 0 saturated carbocycles. The topological polar surface area (TPSA) is 24.5 Å². The molecule has 1 heterocycles. The largest absolute Gasteiger partial charge is 0.379 e. The van der Waals surface area contributed by atoms with Gasteiger partial charge in [-0.25, -0.2) is 0 Å². The molecule has 0 bridgehead atoms. The Kier molecular flexibility index (Phi) is 6.55. The fraction of sp³-hybridized carbons (Fsp3) is 0.571. The van der Waals surface area contributed by atoms with E-state index in [1.165, 1.54) is 9.13 Å². The molecule has 106 valence electrons. The van der Waals surface area contributed by atoms with E-state index in [4.69, 9.17) is 4.74 Å². The number of nitrogens with zero attached hydrogens (tertiary/aromatic N) is 1. The van der Waals surface area contributed by atoms with Gasteiger partial charge in [0.2, 0.25) is 0 Å². The lowest BCUT2D eigenvalue weighted by atomic mass is 10.2. The van der Waals surface area contributed by atoms with Gasteiger partial charge < -0.3 is 10.1 Å². The summed E-state index contributed by atoms with van der Waals surface area (Å²) in [5.41, 5.74) is 1.35. The lowest BCUT2D eigenvalue weighted by Gasteiger charge is -2.29. The summed E-state index contributed by atoms with van der Waals surface area (Å²) in [5.74, 6) is 0. The number of hydrogen-bond acceptors (Lipinski definition) is 3. The average molecular weight is 439 g/mol. The van der Waals surface area contributed by atoms with E-state index < -0.39 is 0 Å². The molecule has 2 rings (SSSR count). The standard InChI is InChI=1S/C14H20BrIN2O/c1-11(10-18-4-6-19-7-5-18)17-9-12-8-13(15)2-3-14(12)16/h2-3,8,11,17H,4-7,9-10H2,1H3. The molecule has 5 heteroatoms. The third-order valence-corrected chi connectivity index (χ3v) is 4.83. The van der Waals surface area contributed by atoms with Crippen LogP contribution in [0.5, 0.6) is 0 Å². The van der Waals surface area contributed by atoms with Crippen LogP contribution in [0.3, 0.4) is 0 Å². The Hall–Kier alpha value is 0.310. The molecule has 0 amide bonds. The molecule has 1 aromatic rings. The summed E-state index contributed by atoms with van der Waals surface area (Å²) in [6.07, 6.45) is 0. The average Bonchev–Trinajstić information content (AvgIpc) is 2.41. The van der Waals surface area contributed by atoms with E-state index in [2.05, 4.69) is 73.9 Å². The van der Waals surface area contributed by atoms with Crippen molar-refractivity contribution in [1.82, 2.24) is 10.2 Å². The van der Waals surface area contributed by atoms with Crippen molar-refractivity contribution in [2.75, 3.05) is 32.8 Å². The fourth-order valence-electron chi connectivity index (χ4n) is 2.20. The third kappa shape index (κ3) is 5.30. The SMILES string of the molecule is CC(CN1CCOCC1)NCc1cc(Br)ccc1I. The number of rotatable bonds is 5. The molecular formula is C14H20BrIN2O. The van der Waals surface area contributed by atoms with Crippen molar-refractivity contribution in [3.63, 3.8) is 0 Å². The van der Waals surface area contributed by atoms with Gasteiger partial charge in [0.15, 0.2) is 0 Å². The van der Waals surface area contributed by atoms with Crippen LogP contribution in [0.25, 0.3) is 0 Å². The van der Waals surface area contributed by atoms with Crippen LogP contribution >= 0.6 is 38.5 Å². The smallest absolute Gasteiger partial charge is 0.0594 e. The van der Waals surface area contributed by atoms with Gasteiger partial charge in [-0.1, -0.05) is 15.9 Å². The van der Waals surface area contributed by atoms with Crippen LogP contribution in [0.4, 0.5) is 0 Å². The second-order valence-corrected chi connectivity index (χ2v) is 7.01. The molecule has 19 heavy (non-hydrogen) atoms. The Labute approximate surface area is 137 Å². The Bertz CT molecular complexity index is 410. The lowest BCUT2D eigenvalue weighted by molar-refractivity contribution is 0.0343. The molecule has 0 aromatic heterocycles. The van der Waals surface area contributed by atoms with E-state index in [0.717, 1.165) is 43.9 Å². The molecule has 1 aliphatic heterocycles. The summed E-state index contributed by atoms with van der Waals surface area (Å²) in [7, 11) is 0. The first-order valence-corrected chi connectivity index (χ1v) is 8.50. The molecule has 0 aliphatic carbocycles. The van der Waals surface area contributed by atoms with Crippen LogP contribution in [0.15, 0.2) is 22.7 Å². The lowest BCUT2D eigenvalue weighted by Crippen LogP contribution is -2.44. The van der Waals surface area contributed by atoms with Gasteiger partial charge in [-0.15, -0.1) is 0 Å². The fourth-order valence-corrected chi connectivity index (χ4v) is 3.13. The zero-order valence-corrected chi connectivity index (χ0v) is 14.9. The highest BCUT2D eigenvalue weighted by Crippen LogP contribution is 2.18. The van der Waals surface area contributed by atoms with E-state index in [1.807, 2.05) is 0 Å². The molecule has 1 N–H and O–H groups in total. The predicted molar refractivity (Wildman–Crippen MR) is 90.4 cm³/mol. The van der Waals surface area contributed by atoms with Gasteiger partial charge in [0.1, 0.15) is 0 Å². The van der Waals surface area contributed by atoms with Crippen molar-refractivity contribution in [3.05, 3.63) is 31.8 Å². The molecule has 1 atom stereocenters. The summed E-state index contributed by atoms with van der Waals surface area (Å²) >= 11 is 5.92. The minimum atomic E-state index is 0.493. The Balaban J connectivity index is 1.79. The number of nitrogens with one attached hydrogen (secondary N) is 1. The monoisotopic (exact) mass is 438 g/mol. The van der Waals surface area contributed by atoms with Crippen LogP contribution in [-0.4, -0.2) is 43.8 Å². The highest BCUT2D eigenvalue weighted by molar-refractivity contribution is 14.1. The summed E-state index contributed by atoms with van der Waals surface area (Å²) in [5, 5.41) is 3.61. The Morgan fingerprint density at radius 2 is 2.16 bits per heavy atom. The van der Waals surface area contributed by atoms with E-state index in [-0.39, 0.29) is 0 Å². The Morgan fingerprint density at radius 1 is 1.42 bits per heavy atom. The van der Waals surface area contributed by atoms with Crippen LogP contribution in [-0.2, 0) is 11.3 Å². The van der Waals surface area contributed by atoms with Crippen LogP contribution in [0.1, 0.15) is 12.5 Å². The molecule has 1 saturated heterocycles. The summed E-state index contributed by atoms with van der Waals surface area (Å²) in [6, 6.07) is 6.92. The molecule has 0 spiro atoms.